The van der Waals surface area contributed by atoms with E-state index in [9.17, 15) is 4.79 Å². The minimum Gasteiger partial charge on any atom is -0.493 e. The molecule has 0 saturated heterocycles. The van der Waals surface area contributed by atoms with Gasteiger partial charge in [-0.2, -0.15) is 10.1 Å². The van der Waals surface area contributed by atoms with E-state index in [1.807, 2.05) is 29.6 Å². The first kappa shape index (κ1) is 17.9. The average molecular weight is 408 g/mol. The molecule has 0 spiro atoms. The number of anilines is 1. The lowest BCUT2D eigenvalue weighted by Crippen LogP contribution is -2.40. The summed E-state index contributed by atoms with van der Waals surface area (Å²) in [5, 5.41) is 9.77. The Morgan fingerprint density at radius 3 is 2.83 bits per heavy atom. The van der Waals surface area contributed by atoms with Gasteiger partial charge >= 0.3 is 0 Å². The topological polar surface area (TPSA) is 78.3 Å². The van der Waals surface area contributed by atoms with Crippen molar-refractivity contribution in [1.29, 1.82) is 0 Å². The first-order chi connectivity index (χ1) is 14.2. The predicted octanol–water partition coefficient (Wildman–Crippen LogP) is 3.63. The summed E-state index contributed by atoms with van der Waals surface area (Å²) in [6, 6.07) is 9.54. The summed E-state index contributed by atoms with van der Waals surface area (Å²) in [5.74, 6) is 1.82. The molecule has 0 unspecified atom stereocenters. The summed E-state index contributed by atoms with van der Waals surface area (Å²) in [5.41, 5.74) is 1.81. The molecule has 0 saturated carbocycles. The fourth-order valence-corrected chi connectivity index (χ4v) is 5.03. The van der Waals surface area contributed by atoms with E-state index in [1.54, 1.807) is 30.2 Å². The molecule has 5 rings (SSSR count). The van der Waals surface area contributed by atoms with E-state index < -0.39 is 0 Å². The average Bonchev–Trinajstić information content (AvgIpc) is 3.43. The SMILES string of the molecule is COc1ccc([C@H]2[C@@H]3C(=O)C[C@@H](c4cccs4)C=C3Nc3ncnn32)cc1OC. The highest BCUT2D eigenvalue weighted by Gasteiger charge is 2.43. The molecule has 1 aliphatic carbocycles. The number of nitrogens with zero attached hydrogens (tertiary/aromatic N) is 3. The van der Waals surface area contributed by atoms with Gasteiger partial charge in [0, 0.05) is 22.9 Å². The second-order valence-corrected chi connectivity index (χ2v) is 8.08. The molecule has 2 aliphatic rings. The summed E-state index contributed by atoms with van der Waals surface area (Å²) in [7, 11) is 3.21. The van der Waals surface area contributed by atoms with Crippen molar-refractivity contribution in [2.75, 3.05) is 19.5 Å². The minimum absolute atomic E-state index is 0.0850. The molecule has 0 bridgehead atoms. The van der Waals surface area contributed by atoms with Crippen LogP contribution >= 0.6 is 11.3 Å². The van der Waals surface area contributed by atoms with Gasteiger partial charge < -0.3 is 14.8 Å². The molecule has 3 aromatic rings. The molecule has 3 atom stereocenters. The number of hydrogen-bond acceptors (Lipinski definition) is 7. The number of ketones is 1. The van der Waals surface area contributed by atoms with Crippen LogP contribution in [0.3, 0.4) is 0 Å². The standard InChI is InChI=1S/C21H20N4O3S/c1-27-16-6-5-12(10-17(16)28-2)20-19-14(24-21-22-11-23-25(20)21)8-13(9-15(19)26)18-4-3-7-29-18/h3-8,10-11,13,19-20H,9H2,1-2H3,(H,22,23,24)/t13-,19-,20-/m0/s1. The largest absolute Gasteiger partial charge is 0.493 e. The molecule has 0 radical (unpaired) electrons. The Morgan fingerprint density at radius 2 is 2.07 bits per heavy atom. The maximum Gasteiger partial charge on any atom is 0.226 e. The van der Waals surface area contributed by atoms with E-state index in [-0.39, 0.29) is 23.7 Å². The third-order valence-electron chi connectivity index (χ3n) is 5.55. The Bertz CT molecular complexity index is 1090. The van der Waals surface area contributed by atoms with Crippen LogP contribution < -0.4 is 14.8 Å². The van der Waals surface area contributed by atoms with Crippen molar-refractivity contribution in [3.63, 3.8) is 0 Å². The van der Waals surface area contributed by atoms with E-state index in [0.717, 1.165) is 11.3 Å². The van der Waals surface area contributed by atoms with E-state index in [1.165, 1.54) is 11.2 Å². The molecule has 3 heterocycles. The third-order valence-corrected chi connectivity index (χ3v) is 6.55. The number of carbonyl (C=O) groups excluding carboxylic acids is 1. The second kappa shape index (κ2) is 7.04. The van der Waals surface area contributed by atoms with E-state index >= 15 is 0 Å². The van der Waals surface area contributed by atoms with E-state index in [4.69, 9.17) is 9.47 Å². The summed E-state index contributed by atoms with van der Waals surface area (Å²) >= 11 is 1.68. The number of allylic oxidation sites excluding steroid dienone is 2. The molecule has 2 aromatic heterocycles. The first-order valence-electron chi connectivity index (χ1n) is 9.36. The van der Waals surface area contributed by atoms with Crippen molar-refractivity contribution >= 4 is 23.1 Å². The molecular weight excluding hydrogens is 388 g/mol. The minimum atomic E-state index is -0.349. The highest BCUT2D eigenvalue weighted by molar-refractivity contribution is 7.10. The number of rotatable bonds is 4. The highest BCUT2D eigenvalue weighted by atomic mass is 32.1. The van der Waals surface area contributed by atoms with Crippen LogP contribution in [0.4, 0.5) is 5.95 Å². The van der Waals surface area contributed by atoms with Gasteiger partial charge in [-0.1, -0.05) is 18.2 Å². The smallest absolute Gasteiger partial charge is 0.226 e. The number of benzene rings is 1. The lowest BCUT2D eigenvalue weighted by atomic mass is 9.77. The van der Waals surface area contributed by atoms with Crippen LogP contribution in [0.25, 0.3) is 0 Å². The number of Topliss-reactive ketones (excluding diaryl/α,β-unsaturated/α-hetero) is 1. The van der Waals surface area contributed by atoms with Crippen molar-refractivity contribution in [2.24, 2.45) is 5.92 Å². The summed E-state index contributed by atoms with van der Waals surface area (Å²) in [6.45, 7) is 0. The van der Waals surface area contributed by atoms with Crippen molar-refractivity contribution in [3.8, 4) is 11.5 Å². The number of nitrogens with one attached hydrogen (secondary N) is 1. The molecule has 1 aliphatic heterocycles. The third kappa shape index (κ3) is 2.91. The monoisotopic (exact) mass is 408 g/mol. The molecule has 8 heteroatoms. The van der Waals surface area contributed by atoms with Gasteiger partial charge in [0.25, 0.3) is 0 Å². The number of methoxy groups -OCH3 is 2. The Morgan fingerprint density at radius 1 is 1.21 bits per heavy atom. The van der Waals surface area contributed by atoms with Gasteiger partial charge in [-0.25, -0.2) is 4.68 Å². The van der Waals surface area contributed by atoms with Crippen molar-refractivity contribution in [1.82, 2.24) is 14.8 Å². The van der Waals surface area contributed by atoms with Crippen LogP contribution in [0.15, 0.2) is 53.8 Å². The van der Waals surface area contributed by atoms with Crippen LogP contribution in [0, 0.1) is 5.92 Å². The van der Waals surface area contributed by atoms with Crippen LogP contribution in [-0.4, -0.2) is 34.8 Å². The Hall–Kier alpha value is -3.13. The molecule has 148 valence electrons. The molecule has 1 aromatic carbocycles. The molecule has 1 N–H and O–H groups in total. The zero-order valence-electron chi connectivity index (χ0n) is 16.0. The number of carbonyl (C=O) groups is 1. The first-order valence-corrected chi connectivity index (χ1v) is 10.2. The normalized spacial score (nSPS) is 22.9. The molecular formula is C21H20N4O3S. The van der Waals surface area contributed by atoms with Gasteiger partial charge in [-0.3, -0.25) is 4.79 Å². The number of aromatic nitrogens is 3. The van der Waals surface area contributed by atoms with Crippen molar-refractivity contribution in [2.45, 2.75) is 18.4 Å². The Balaban J connectivity index is 1.62. The molecule has 0 fully saturated rings. The molecule has 7 nitrogen and oxygen atoms in total. The lowest BCUT2D eigenvalue weighted by molar-refractivity contribution is -0.123. The van der Waals surface area contributed by atoms with Crippen LogP contribution in [0.2, 0.25) is 0 Å². The maximum absolute atomic E-state index is 13.3. The number of fused-ring (bicyclic) bond motifs is 2. The number of hydrogen-bond donors (Lipinski definition) is 1. The van der Waals surface area contributed by atoms with Crippen LogP contribution in [0.1, 0.15) is 28.8 Å². The van der Waals surface area contributed by atoms with Gasteiger partial charge in [-0.15, -0.1) is 11.3 Å². The number of ether oxygens (including phenoxy) is 2. The highest BCUT2D eigenvalue weighted by Crippen LogP contribution is 2.45. The fourth-order valence-electron chi connectivity index (χ4n) is 4.23. The van der Waals surface area contributed by atoms with Gasteiger partial charge in [0.15, 0.2) is 11.5 Å². The summed E-state index contributed by atoms with van der Waals surface area (Å²) in [4.78, 5) is 18.9. The van der Waals surface area contributed by atoms with E-state index in [0.29, 0.717) is 23.9 Å². The van der Waals surface area contributed by atoms with Crippen LogP contribution in [0.5, 0.6) is 11.5 Å². The second-order valence-electron chi connectivity index (χ2n) is 7.10. The predicted molar refractivity (Wildman–Crippen MR) is 110 cm³/mol. The van der Waals surface area contributed by atoms with Gasteiger partial charge in [0.2, 0.25) is 5.95 Å². The van der Waals surface area contributed by atoms with E-state index in [2.05, 4.69) is 27.5 Å². The van der Waals surface area contributed by atoms with Gasteiger partial charge in [0.1, 0.15) is 12.1 Å². The Labute approximate surface area is 172 Å². The van der Waals surface area contributed by atoms with Crippen LogP contribution in [-0.2, 0) is 4.79 Å². The molecule has 0 amide bonds. The van der Waals surface area contributed by atoms with Crippen molar-refractivity contribution in [3.05, 3.63) is 64.3 Å². The zero-order chi connectivity index (χ0) is 20.0. The summed E-state index contributed by atoms with van der Waals surface area (Å²) in [6.07, 6.45) is 4.16. The lowest BCUT2D eigenvalue weighted by Gasteiger charge is -2.37. The van der Waals surface area contributed by atoms with Crippen molar-refractivity contribution < 1.29 is 14.3 Å². The molecule has 29 heavy (non-hydrogen) atoms. The van der Waals surface area contributed by atoms with Gasteiger partial charge in [0.05, 0.1) is 26.2 Å². The zero-order valence-corrected chi connectivity index (χ0v) is 16.8. The Kier molecular flexibility index (Phi) is 4.35. The summed E-state index contributed by atoms with van der Waals surface area (Å²) < 4.78 is 12.6. The number of thiophene rings is 1. The van der Waals surface area contributed by atoms with Gasteiger partial charge in [-0.05, 0) is 29.1 Å². The maximum atomic E-state index is 13.3. The fraction of sp³-hybridized carbons (Fsp3) is 0.286. The quantitative estimate of drug-likeness (QED) is 0.710.